The fraction of sp³-hybridized carbons (Fsp3) is 0.0870. The number of benzene rings is 4. The number of nitrogens with one attached hydrogen (secondary N) is 2. The van der Waals surface area contributed by atoms with Gasteiger partial charge in [-0.3, -0.25) is 39.9 Å². The van der Waals surface area contributed by atoms with E-state index in [0.717, 1.165) is 32.7 Å². The van der Waals surface area contributed by atoms with Gasteiger partial charge in [0.2, 0.25) is 0 Å². The lowest BCUT2D eigenvalue weighted by Gasteiger charge is -2.03. The molecule has 302 valence electrons. The van der Waals surface area contributed by atoms with Gasteiger partial charge in [-0.05, 0) is 42.5 Å². The van der Waals surface area contributed by atoms with Crippen LogP contribution in [0.15, 0.2) is 97.6 Å². The molecule has 8 aromatic rings. The Morgan fingerprint density at radius 3 is 1.19 bits per heavy atom. The van der Waals surface area contributed by atoms with Gasteiger partial charge in [0.05, 0.1) is 61.5 Å². The zero-order valence-corrected chi connectivity index (χ0v) is 33.4. The summed E-state index contributed by atoms with van der Waals surface area (Å²) in [5.41, 5.74) is 14.1. The first-order valence-corrected chi connectivity index (χ1v) is 19.0. The summed E-state index contributed by atoms with van der Waals surface area (Å²) in [4.78, 5) is 62.2. The number of anilines is 1. The Labute approximate surface area is 350 Å². The molecule has 62 heavy (non-hydrogen) atoms. The lowest BCUT2D eigenvalue weighted by Crippen LogP contribution is -2.22. The summed E-state index contributed by atoms with van der Waals surface area (Å²) in [5.74, 6) is -1.90. The predicted octanol–water partition coefficient (Wildman–Crippen LogP) is 5.71. The Hall–Kier alpha value is -9.02. The van der Waals surface area contributed by atoms with Crippen molar-refractivity contribution in [3.63, 3.8) is 0 Å². The van der Waals surface area contributed by atoms with Gasteiger partial charge >= 0.3 is 0 Å². The molecule has 0 saturated heterocycles. The van der Waals surface area contributed by atoms with Gasteiger partial charge in [0.1, 0.15) is 0 Å². The average molecular weight is 821 g/mol. The molecule has 4 N–H and O–H groups in total. The number of fused-ring (bicyclic) bond motifs is 4. The summed E-state index contributed by atoms with van der Waals surface area (Å²) in [5, 5.41) is 37.4. The van der Waals surface area contributed by atoms with Gasteiger partial charge in [-0.15, -0.1) is 0 Å². The average Bonchev–Trinajstić information content (AvgIpc) is 4.07. The van der Waals surface area contributed by atoms with E-state index in [1.165, 1.54) is 12.1 Å². The number of imide groups is 2. The van der Waals surface area contributed by atoms with Gasteiger partial charge in [0.15, 0.2) is 0 Å². The van der Waals surface area contributed by atoms with E-state index < -0.39 is 28.6 Å². The number of nitro benzene ring substituents is 1. The first-order valence-electron chi connectivity index (χ1n) is 19.0. The van der Waals surface area contributed by atoms with Crippen LogP contribution in [0.2, 0.25) is 0 Å². The minimum atomic E-state index is -0.526. The van der Waals surface area contributed by atoms with Crippen molar-refractivity contribution in [1.29, 1.82) is 10.5 Å². The number of aryl methyl sites for hydroxylation is 4. The summed E-state index contributed by atoms with van der Waals surface area (Å²) in [6.45, 7) is 0. The zero-order valence-electron chi connectivity index (χ0n) is 33.4. The van der Waals surface area contributed by atoms with Crippen molar-refractivity contribution in [2.24, 2.45) is 28.2 Å². The van der Waals surface area contributed by atoms with E-state index in [1.807, 2.05) is 53.8 Å². The molecular weight excluding hydrogens is 789 g/mol. The highest BCUT2D eigenvalue weighted by Gasteiger charge is 2.37. The van der Waals surface area contributed by atoms with Crippen LogP contribution in [0.5, 0.6) is 0 Å². The Balaban J connectivity index is 0.000000158. The Morgan fingerprint density at radius 2 is 0.839 bits per heavy atom. The van der Waals surface area contributed by atoms with E-state index in [-0.39, 0.29) is 16.8 Å². The fourth-order valence-corrected chi connectivity index (χ4v) is 8.53. The number of nitro groups is 1. The van der Waals surface area contributed by atoms with Gasteiger partial charge in [-0.1, -0.05) is 18.2 Å². The third-order valence-electron chi connectivity index (χ3n) is 11.4. The lowest BCUT2D eigenvalue weighted by atomic mass is 9.95. The Bertz CT molecular complexity index is 3560. The first-order chi connectivity index (χ1) is 29.7. The molecular formula is C46H32N10O6. The second-order valence-corrected chi connectivity index (χ2v) is 15.1. The summed E-state index contributed by atoms with van der Waals surface area (Å²) in [6.07, 6.45) is 7.12. The van der Waals surface area contributed by atoms with Crippen molar-refractivity contribution in [1.82, 2.24) is 28.9 Å². The molecule has 2 aliphatic rings. The number of hydrogen-bond donors (Lipinski definition) is 3. The second-order valence-electron chi connectivity index (χ2n) is 15.1. The molecule has 4 aromatic heterocycles. The molecule has 4 aromatic carbocycles. The minimum absolute atomic E-state index is 0.0613. The molecule has 16 heteroatoms. The third-order valence-corrected chi connectivity index (χ3v) is 11.4. The van der Waals surface area contributed by atoms with Crippen LogP contribution in [-0.4, -0.2) is 46.8 Å². The molecule has 0 radical (unpaired) electrons. The first kappa shape index (κ1) is 38.5. The maximum Gasteiger partial charge on any atom is 0.271 e. The quantitative estimate of drug-likeness (QED) is 0.0835. The predicted molar refractivity (Wildman–Crippen MR) is 232 cm³/mol. The van der Waals surface area contributed by atoms with Crippen LogP contribution in [0.4, 0.5) is 11.4 Å². The van der Waals surface area contributed by atoms with Crippen molar-refractivity contribution >= 4 is 101 Å². The molecule has 0 spiro atoms. The highest BCUT2D eigenvalue weighted by molar-refractivity contribution is 6.51. The largest absolute Gasteiger partial charge is 0.399 e. The van der Waals surface area contributed by atoms with Crippen molar-refractivity contribution in [2.75, 3.05) is 5.73 Å². The summed E-state index contributed by atoms with van der Waals surface area (Å²) in [7, 11) is 7.26. The van der Waals surface area contributed by atoms with E-state index in [1.54, 1.807) is 78.1 Å². The molecule has 2 aliphatic heterocycles. The molecule has 0 atom stereocenters. The number of nitrogens with zero attached hydrogens (tertiary/aromatic N) is 7. The van der Waals surface area contributed by atoms with E-state index in [2.05, 4.69) is 22.8 Å². The van der Waals surface area contributed by atoms with Gasteiger partial charge in [0.25, 0.3) is 29.3 Å². The van der Waals surface area contributed by atoms with Gasteiger partial charge in [-0.25, -0.2) is 0 Å². The molecule has 0 unspecified atom stereocenters. The molecule has 0 aliphatic carbocycles. The number of nitrogens with two attached hydrogens (primary N) is 1. The van der Waals surface area contributed by atoms with E-state index in [4.69, 9.17) is 5.73 Å². The SMILES string of the molecule is Cn1cc(C2=C(c3cn(C)c4cc(C#N)ccc34)C(=O)NC2=O)c2ccc(N)cc21.Cn1cc(C2=C(c3cn(C)c4cc([N+](=O)[O-])ccc34)C(=O)NC2=O)c2ccc(C#N)cc21. The van der Waals surface area contributed by atoms with Crippen LogP contribution >= 0.6 is 0 Å². The number of nitriles is 2. The summed E-state index contributed by atoms with van der Waals surface area (Å²) in [6, 6.07) is 24.6. The standard InChI is InChI=1S/C23H15N5O4.C23H17N5O2/c1-26-10-16(14-5-3-12(9-24)7-18(14)26)20-21(23(30)25-22(20)29)17-11-27(2)19-8-13(28(31)32)4-6-15(17)19;1-27-10-16(14-5-3-12(9-24)7-18(14)27)20-21(23(30)26-22(20)29)17-11-28(2)19-8-13(25)4-6-15(17)19/h3-8,10-11H,1-2H3,(H,25,29,30);3-8,10-11H,25H2,1-2H3,(H,26,29,30). The van der Waals surface area contributed by atoms with Gasteiger partial charge in [-0.2, -0.15) is 10.5 Å². The maximum atomic E-state index is 12.9. The highest BCUT2D eigenvalue weighted by Crippen LogP contribution is 2.41. The smallest absolute Gasteiger partial charge is 0.271 e. The van der Waals surface area contributed by atoms with Crippen LogP contribution in [-0.2, 0) is 47.4 Å². The van der Waals surface area contributed by atoms with Crippen LogP contribution < -0.4 is 16.4 Å². The van der Waals surface area contributed by atoms with Crippen LogP contribution in [0.1, 0.15) is 33.4 Å². The Morgan fingerprint density at radius 1 is 0.516 bits per heavy atom. The molecule has 10 rings (SSSR count). The molecule has 4 amide bonds. The highest BCUT2D eigenvalue weighted by atomic mass is 16.6. The number of nitrogen functional groups attached to an aromatic ring is 1. The molecule has 0 fully saturated rings. The number of amides is 4. The molecule has 6 heterocycles. The van der Waals surface area contributed by atoms with E-state index in [9.17, 15) is 39.8 Å². The van der Waals surface area contributed by atoms with Crippen LogP contribution in [0, 0.1) is 32.8 Å². The number of non-ortho nitro benzene ring substituents is 1. The molecule has 0 saturated carbocycles. The topological polar surface area (TPSA) is 229 Å². The zero-order chi connectivity index (χ0) is 43.9. The summed E-state index contributed by atoms with van der Waals surface area (Å²) < 4.78 is 7.25. The Kier molecular flexibility index (Phi) is 8.74. The number of hydrogen-bond acceptors (Lipinski definition) is 9. The van der Waals surface area contributed by atoms with Crippen molar-refractivity contribution < 1.29 is 24.1 Å². The van der Waals surface area contributed by atoms with E-state index in [0.29, 0.717) is 61.1 Å². The van der Waals surface area contributed by atoms with Gasteiger partial charge < -0.3 is 24.0 Å². The molecule has 0 bridgehead atoms. The number of carbonyl (C=O) groups is 4. The summed E-state index contributed by atoms with van der Waals surface area (Å²) >= 11 is 0. The van der Waals surface area contributed by atoms with E-state index >= 15 is 0 Å². The maximum absolute atomic E-state index is 12.9. The monoisotopic (exact) mass is 820 g/mol. The molecule has 16 nitrogen and oxygen atoms in total. The number of aromatic nitrogens is 4. The van der Waals surface area contributed by atoms with Gasteiger partial charge in [0, 0.05) is 126 Å². The fourth-order valence-electron chi connectivity index (χ4n) is 8.53. The van der Waals surface area contributed by atoms with Crippen LogP contribution in [0.25, 0.3) is 65.9 Å². The normalized spacial score (nSPS) is 13.9. The second kappa shape index (κ2) is 14.1. The number of carbonyl (C=O) groups excluding carboxylic acids is 4. The third kappa shape index (κ3) is 5.89. The lowest BCUT2D eigenvalue weighted by molar-refractivity contribution is -0.384. The van der Waals surface area contributed by atoms with Crippen molar-refractivity contribution in [2.45, 2.75) is 0 Å². The van der Waals surface area contributed by atoms with Crippen LogP contribution in [0.3, 0.4) is 0 Å². The van der Waals surface area contributed by atoms with Crippen molar-refractivity contribution in [3.05, 3.63) is 141 Å². The van der Waals surface area contributed by atoms with Crippen molar-refractivity contribution in [3.8, 4) is 12.1 Å². The minimum Gasteiger partial charge on any atom is -0.399 e. The number of rotatable bonds is 5.